The first kappa shape index (κ1) is 20.0. The van der Waals surface area contributed by atoms with Crippen LogP contribution in [0, 0.1) is 5.82 Å². The Labute approximate surface area is 153 Å². The van der Waals surface area contributed by atoms with Crippen LogP contribution in [-0.4, -0.2) is 46.4 Å². The quantitative estimate of drug-likeness (QED) is 0.690. The van der Waals surface area contributed by atoms with Gasteiger partial charge in [0, 0.05) is 17.8 Å². The van der Waals surface area contributed by atoms with Gasteiger partial charge in [-0.1, -0.05) is 6.07 Å². The highest BCUT2D eigenvalue weighted by atomic mass is 32.2. The molecule has 0 aliphatic carbocycles. The van der Waals surface area contributed by atoms with Crippen LogP contribution in [0.15, 0.2) is 53.4 Å². The fourth-order valence-corrected chi connectivity index (χ4v) is 3.35. The second kappa shape index (κ2) is 8.88. The van der Waals surface area contributed by atoms with E-state index in [-0.39, 0.29) is 10.5 Å². The summed E-state index contributed by atoms with van der Waals surface area (Å²) in [5, 5.41) is 2.60. The third-order valence-corrected chi connectivity index (χ3v) is 5.04. The largest absolute Gasteiger partial charge is 0.322 e. The second-order valence-electron chi connectivity index (χ2n) is 6.04. The monoisotopic (exact) mass is 379 g/mol. The molecule has 0 aliphatic rings. The van der Waals surface area contributed by atoms with Gasteiger partial charge >= 0.3 is 0 Å². The van der Waals surface area contributed by atoms with E-state index in [0.29, 0.717) is 18.7 Å². The lowest BCUT2D eigenvalue weighted by Gasteiger charge is -2.11. The molecule has 0 spiro atoms. The average molecular weight is 379 g/mol. The minimum Gasteiger partial charge on any atom is -0.322 e. The predicted octanol–water partition coefficient (Wildman–Crippen LogP) is 2.31. The van der Waals surface area contributed by atoms with E-state index in [4.69, 9.17) is 0 Å². The molecule has 2 aromatic rings. The van der Waals surface area contributed by atoms with E-state index < -0.39 is 21.7 Å². The highest BCUT2D eigenvalue weighted by molar-refractivity contribution is 7.89. The minimum atomic E-state index is -3.69. The maximum absolute atomic E-state index is 12.9. The van der Waals surface area contributed by atoms with Crippen LogP contribution in [0.3, 0.4) is 0 Å². The number of hydrogen-bond donors (Lipinski definition) is 2. The molecular weight excluding hydrogens is 357 g/mol. The van der Waals surface area contributed by atoms with Gasteiger partial charge in [-0.25, -0.2) is 17.5 Å². The Morgan fingerprint density at radius 1 is 1.12 bits per heavy atom. The predicted molar refractivity (Wildman–Crippen MR) is 99.2 cm³/mol. The molecule has 2 aromatic carbocycles. The molecule has 2 N–H and O–H groups in total. The summed E-state index contributed by atoms with van der Waals surface area (Å²) in [4.78, 5) is 14.3. The Morgan fingerprint density at radius 3 is 2.46 bits per heavy atom. The van der Waals surface area contributed by atoms with Crippen molar-refractivity contribution in [2.75, 3.05) is 32.5 Å². The molecule has 6 nitrogen and oxygen atoms in total. The average Bonchev–Trinajstić information content (AvgIpc) is 2.61. The molecule has 0 bridgehead atoms. The van der Waals surface area contributed by atoms with Gasteiger partial charge in [0.25, 0.3) is 5.91 Å². The van der Waals surface area contributed by atoms with Crippen molar-refractivity contribution in [3.05, 3.63) is 59.9 Å². The van der Waals surface area contributed by atoms with Gasteiger partial charge in [0.2, 0.25) is 10.0 Å². The first-order chi connectivity index (χ1) is 12.3. The number of anilines is 1. The number of carbonyl (C=O) groups is 1. The summed E-state index contributed by atoms with van der Waals surface area (Å²) in [6, 6.07) is 11.1. The molecule has 0 aromatic heterocycles. The summed E-state index contributed by atoms with van der Waals surface area (Å²) in [5.41, 5.74) is 0.622. The van der Waals surface area contributed by atoms with E-state index in [9.17, 15) is 17.6 Å². The molecule has 0 fully saturated rings. The van der Waals surface area contributed by atoms with Crippen LogP contribution < -0.4 is 10.0 Å². The van der Waals surface area contributed by atoms with Crippen LogP contribution in [0.4, 0.5) is 10.1 Å². The number of hydrogen-bond acceptors (Lipinski definition) is 4. The molecule has 26 heavy (non-hydrogen) atoms. The van der Waals surface area contributed by atoms with Gasteiger partial charge < -0.3 is 10.2 Å². The number of halogens is 1. The van der Waals surface area contributed by atoms with Gasteiger partial charge in [0.1, 0.15) is 5.82 Å². The standard InChI is InChI=1S/C18H22FN3O3S/c1-22(2)12-4-11-20-26(24,25)17-6-3-5-14(13-17)18(23)21-16-9-7-15(19)8-10-16/h3,5-10,13,20H,4,11-12H2,1-2H3,(H,21,23). The normalized spacial score (nSPS) is 11.5. The third kappa shape index (κ3) is 5.91. The summed E-state index contributed by atoms with van der Waals surface area (Å²) >= 11 is 0. The van der Waals surface area contributed by atoms with Crippen molar-refractivity contribution in [3.8, 4) is 0 Å². The Kier molecular flexibility index (Phi) is 6.84. The molecule has 0 radical (unpaired) electrons. The molecule has 0 atom stereocenters. The van der Waals surface area contributed by atoms with E-state index in [1.165, 1.54) is 48.5 Å². The number of amides is 1. The highest BCUT2D eigenvalue weighted by Gasteiger charge is 2.16. The summed E-state index contributed by atoms with van der Waals surface area (Å²) in [6.07, 6.45) is 0.678. The summed E-state index contributed by atoms with van der Waals surface area (Å²) in [5.74, 6) is -0.877. The Balaban J connectivity index is 2.06. The lowest BCUT2D eigenvalue weighted by atomic mass is 10.2. The molecule has 140 valence electrons. The second-order valence-corrected chi connectivity index (χ2v) is 7.81. The molecular formula is C18H22FN3O3S. The number of nitrogens with one attached hydrogen (secondary N) is 2. The van der Waals surface area contributed by atoms with E-state index in [2.05, 4.69) is 10.0 Å². The molecule has 1 amide bonds. The third-order valence-electron chi connectivity index (χ3n) is 3.58. The van der Waals surface area contributed by atoms with Gasteiger partial charge in [-0.3, -0.25) is 4.79 Å². The van der Waals surface area contributed by atoms with Crippen LogP contribution in [0.1, 0.15) is 16.8 Å². The Morgan fingerprint density at radius 2 is 1.81 bits per heavy atom. The minimum absolute atomic E-state index is 0.0223. The smallest absolute Gasteiger partial charge is 0.255 e. The number of rotatable bonds is 8. The van der Waals surface area contributed by atoms with Crippen LogP contribution in [0.5, 0.6) is 0 Å². The van der Waals surface area contributed by atoms with Crippen molar-refractivity contribution in [1.29, 1.82) is 0 Å². The van der Waals surface area contributed by atoms with E-state index in [1.807, 2.05) is 19.0 Å². The summed E-state index contributed by atoms with van der Waals surface area (Å²) in [6.45, 7) is 1.08. The zero-order valence-corrected chi connectivity index (χ0v) is 15.5. The molecule has 0 saturated carbocycles. The SMILES string of the molecule is CN(C)CCCNS(=O)(=O)c1cccc(C(=O)Nc2ccc(F)cc2)c1. The van der Waals surface area contributed by atoms with Crippen molar-refractivity contribution in [1.82, 2.24) is 9.62 Å². The van der Waals surface area contributed by atoms with Crippen molar-refractivity contribution >= 4 is 21.6 Å². The molecule has 8 heteroatoms. The summed E-state index contributed by atoms with van der Waals surface area (Å²) in [7, 11) is 0.138. The zero-order valence-electron chi connectivity index (χ0n) is 14.7. The Hall–Kier alpha value is -2.29. The van der Waals surface area contributed by atoms with Crippen LogP contribution in [-0.2, 0) is 10.0 Å². The van der Waals surface area contributed by atoms with Gasteiger partial charge in [0.15, 0.2) is 0 Å². The molecule has 2 rings (SSSR count). The van der Waals surface area contributed by atoms with E-state index in [1.54, 1.807) is 0 Å². The van der Waals surface area contributed by atoms with Gasteiger partial charge in [-0.2, -0.15) is 0 Å². The van der Waals surface area contributed by atoms with Crippen LogP contribution in [0.2, 0.25) is 0 Å². The van der Waals surface area contributed by atoms with Gasteiger partial charge in [-0.05, 0) is 69.5 Å². The van der Waals surface area contributed by atoms with Crippen molar-refractivity contribution < 1.29 is 17.6 Å². The van der Waals surface area contributed by atoms with Crippen molar-refractivity contribution in [2.24, 2.45) is 0 Å². The molecule has 0 unspecified atom stereocenters. The number of nitrogens with zero attached hydrogens (tertiary/aromatic N) is 1. The molecule has 0 aliphatic heterocycles. The topological polar surface area (TPSA) is 78.5 Å². The number of carbonyl (C=O) groups excluding carboxylic acids is 1. The Bertz CT molecular complexity index is 852. The van der Waals surface area contributed by atoms with Crippen LogP contribution in [0.25, 0.3) is 0 Å². The summed E-state index contributed by atoms with van der Waals surface area (Å²) < 4.78 is 40.1. The maximum Gasteiger partial charge on any atom is 0.255 e. The lowest BCUT2D eigenvalue weighted by molar-refractivity contribution is 0.102. The van der Waals surface area contributed by atoms with Crippen molar-refractivity contribution in [2.45, 2.75) is 11.3 Å². The van der Waals surface area contributed by atoms with E-state index >= 15 is 0 Å². The lowest BCUT2D eigenvalue weighted by Crippen LogP contribution is -2.27. The highest BCUT2D eigenvalue weighted by Crippen LogP contribution is 2.14. The van der Waals surface area contributed by atoms with Gasteiger partial charge in [-0.15, -0.1) is 0 Å². The van der Waals surface area contributed by atoms with Crippen molar-refractivity contribution in [3.63, 3.8) is 0 Å². The van der Waals surface area contributed by atoms with Gasteiger partial charge in [0.05, 0.1) is 4.90 Å². The number of sulfonamides is 1. The first-order valence-corrected chi connectivity index (χ1v) is 9.57. The fraction of sp³-hybridized carbons (Fsp3) is 0.278. The molecule has 0 heterocycles. The van der Waals surface area contributed by atoms with Crippen LogP contribution >= 0.6 is 0 Å². The maximum atomic E-state index is 12.9. The zero-order chi connectivity index (χ0) is 19.2. The first-order valence-electron chi connectivity index (χ1n) is 8.09. The molecule has 0 saturated heterocycles. The van der Waals surface area contributed by atoms with E-state index in [0.717, 1.165) is 6.54 Å². The fourth-order valence-electron chi connectivity index (χ4n) is 2.23. The number of benzene rings is 2.